The lowest BCUT2D eigenvalue weighted by molar-refractivity contribution is -0.137. The van der Waals surface area contributed by atoms with Crippen molar-refractivity contribution >= 4 is 23.6 Å². The van der Waals surface area contributed by atoms with Gasteiger partial charge < -0.3 is 4.74 Å². The fourth-order valence-corrected chi connectivity index (χ4v) is 1.07. The van der Waals surface area contributed by atoms with Crippen molar-refractivity contribution in [3.05, 3.63) is 46.7 Å². The van der Waals surface area contributed by atoms with Gasteiger partial charge in [0.2, 0.25) is 0 Å². The molecule has 1 aromatic carbocycles. The van der Waals surface area contributed by atoms with Crippen LogP contribution < -0.4 is 0 Å². The molecule has 0 N–H and O–H groups in total. The van der Waals surface area contributed by atoms with Crippen LogP contribution in [0.25, 0.3) is 6.08 Å². The van der Waals surface area contributed by atoms with Gasteiger partial charge in [-0.2, -0.15) is 0 Å². The number of hydrogen-bond donors (Lipinski definition) is 0. The standard InChI is InChI=1S/C12H11ClO2/c1-2-15-12(14)5-3-4-10-6-8-11(13)9-7-10/h4-9H,2H2,1H3. The Bertz CT molecular complexity index is 387. The van der Waals surface area contributed by atoms with Gasteiger partial charge in [0.15, 0.2) is 0 Å². The van der Waals surface area contributed by atoms with Crippen LogP contribution in [0.5, 0.6) is 0 Å². The normalized spacial score (nSPS) is 8.93. The molecule has 0 aromatic heterocycles. The molecule has 0 unspecified atom stereocenters. The molecular weight excluding hydrogens is 212 g/mol. The number of carbonyl (C=O) groups excluding carboxylic acids is 1. The minimum atomic E-state index is -0.386. The summed E-state index contributed by atoms with van der Waals surface area (Å²) >= 11 is 5.72. The summed E-state index contributed by atoms with van der Waals surface area (Å²) in [7, 11) is 0. The van der Waals surface area contributed by atoms with Crippen LogP contribution in [-0.2, 0) is 9.53 Å². The Morgan fingerprint density at radius 2 is 2.13 bits per heavy atom. The number of carbonyl (C=O) groups is 1. The Kier molecular flexibility index (Phi) is 4.69. The Hall–Kier alpha value is -1.50. The lowest BCUT2D eigenvalue weighted by Crippen LogP contribution is -1.97. The summed E-state index contributed by atoms with van der Waals surface area (Å²) in [6.45, 7) is 2.13. The van der Waals surface area contributed by atoms with E-state index in [2.05, 4.69) is 5.73 Å². The van der Waals surface area contributed by atoms with E-state index in [-0.39, 0.29) is 5.97 Å². The average Bonchev–Trinajstić information content (AvgIpc) is 2.21. The van der Waals surface area contributed by atoms with Crippen LogP contribution in [0.1, 0.15) is 12.5 Å². The zero-order chi connectivity index (χ0) is 11.1. The molecule has 0 amide bonds. The van der Waals surface area contributed by atoms with E-state index in [0.717, 1.165) is 5.56 Å². The van der Waals surface area contributed by atoms with Gasteiger partial charge in [0.1, 0.15) is 0 Å². The zero-order valence-electron chi connectivity index (χ0n) is 8.37. The van der Waals surface area contributed by atoms with E-state index in [1.807, 2.05) is 12.1 Å². The van der Waals surface area contributed by atoms with E-state index in [4.69, 9.17) is 16.3 Å². The fourth-order valence-electron chi connectivity index (χ4n) is 0.949. The summed E-state index contributed by atoms with van der Waals surface area (Å²) in [5, 5.41) is 0.682. The lowest BCUT2D eigenvalue weighted by atomic mass is 10.2. The van der Waals surface area contributed by atoms with Gasteiger partial charge in [0, 0.05) is 5.02 Å². The van der Waals surface area contributed by atoms with Crippen molar-refractivity contribution in [3.8, 4) is 0 Å². The van der Waals surface area contributed by atoms with Gasteiger partial charge in [-0.05, 0) is 30.7 Å². The minimum Gasteiger partial charge on any atom is -0.462 e. The zero-order valence-corrected chi connectivity index (χ0v) is 9.12. The molecule has 1 rings (SSSR count). The molecule has 0 aliphatic rings. The molecule has 0 heterocycles. The molecule has 0 saturated carbocycles. The first-order valence-electron chi connectivity index (χ1n) is 4.57. The maximum atomic E-state index is 10.9. The van der Waals surface area contributed by atoms with Crippen LogP contribution in [0.3, 0.4) is 0 Å². The second-order valence-electron chi connectivity index (χ2n) is 2.76. The van der Waals surface area contributed by atoms with E-state index in [1.165, 1.54) is 6.08 Å². The number of halogens is 1. The first-order chi connectivity index (χ1) is 7.22. The summed E-state index contributed by atoms with van der Waals surface area (Å²) in [5.41, 5.74) is 3.67. The smallest absolute Gasteiger partial charge is 0.338 e. The second kappa shape index (κ2) is 6.07. The molecule has 0 atom stereocenters. The van der Waals surface area contributed by atoms with Gasteiger partial charge in [0.05, 0.1) is 12.7 Å². The van der Waals surface area contributed by atoms with Crippen molar-refractivity contribution in [1.82, 2.24) is 0 Å². The van der Waals surface area contributed by atoms with Crippen LogP contribution >= 0.6 is 11.6 Å². The van der Waals surface area contributed by atoms with Gasteiger partial charge in [-0.25, -0.2) is 4.79 Å². The summed E-state index contributed by atoms with van der Waals surface area (Å²) in [4.78, 5) is 10.9. The highest BCUT2D eigenvalue weighted by molar-refractivity contribution is 6.30. The monoisotopic (exact) mass is 222 g/mol. The summed E-state index contributed by atoms with van der Waals surface area (Å²) in [6.07, 6.45) is 2.95. The molecule has 3 heteroatoms. The Morgan fingerprint density at radius 1 is 1.47 bits per heavy atom. The van der Waals surface area contributed by atoms with E-state index in [9.17, 15) is 4.79 Å². The topological polar surface area (TPSA) is 26.3 Å². The highest BCUT2D eigenvalue weighted by atomic mass is 35.5. The number of ether oxygens (including phenoxy) is 1. The molecule has 0 aliphatic carbocycles. The minimum absolute atomic E-state index is 0.373. The number of esters is 1. The first kappa shape index (κ1) is 11.6. The number of hydrogen-bond acceptors (Lipinski definition) is 2. The SMILES string of the molecule is CCOC(=O)C=C=Cc1ccc(Cl)cc1. The van der Waals surface area contributed by atoms with Gasteiger partial charge in [-0.15, -0.1) is 5.73 Å². The third kappa shape index (κ3) is 4.50. The summed E-state index contributed by atoms with van der Waals surface area (Å²) < 4.78 is 4.70. The predicted octanol–water partition coefficient (Wildman–Crippen LogP) is 3.07. The fraction of sp³-hybridized carbons (Fsp3) is 0.167. The van der Waals surface area contributed by atoms with Gasteiger partial charge in [-0.1, -0.05) is 23.7 Å². The molecule has 15 heavy (non-hydrogen) atoms. The van der Waals surface area contributed by atoms with Crippen molar-refractivity contribution < 1.29 is 9.53 Å². The maximum absolute atomic E-state index is 10.9. The van der Waals surface area contributed by atoms with E-state index in [0.29, 0.717) is 11.6 Å². The molecule has 0 radical (unpaired) electrons. The van der Waals surface area contributed by atoms with Gasteiger partial charge in [-0.3, -0.25) is 0 Å². The van der Waals surface area contributed by atoms with Crippen LogP contribution in [0.2, 0.25) is 5.02 Å². The maximum Gasteiger partial charge on any atom is 0.338 e. The quantitative estimate of drug-likeness (QED) is 0.446. The van der Waals surface area contributed by atoms with Crippen molar-refractivity contribution in [2.45, 2.75) is 6.92 Å². The Balaban J connectivity index is 2.65. The Morgan fingerprint density at radius 3 is 2.73 bits per heavy atom. The lowest BCUT2D eigenvalue weighted by Gasteiger charge is -1.92. The van der Waals surface area contributed by atoms with Gasteiger partial charge in [0.25, 0.3) is 0 Å². The van der Waals surface area contributed by atoms with Crippen molar-refractivity contribution in [2.75, 3.05) is 6.61 Å². The molecule has 0 saturated heterocycles. The van der Waals surface area contributed by atoms with Crippen molar-refractivity contribution in [1.29, 1.82) is 0 Å². The molecule has 0 aliphatic heterocycles. The third-order valence-corrected chi connectivity index (χ3v) is 1.86. The number of benzene rings is 1. The number of rotatable bonds is 3. The predicted molar refractivity (Wildman–Crippen MR) is 60.6 cm³/mol. The highest BCUT2D eigenvalue weighted by Crippen LogP contribution is 2.09. The Labute approximate surface area is 93.8 Å². The van der Waals surface area contributed by atoms with E-state index in [1.54, 1.807) is 25.1 Å². The van der Waals surface area contributed by atoms with Crippen LogP contribution in [0.15, 0.2) is 36.1 Å². The van der Waals surface area contributed by atoms with Crippen LogP contribution in [0, 0.1) is 0 Å². The third-order valence-electron chi connectivity index (χ3n) is 1.61. The van der Waals surface area contributed by atoms with E-state index < -0.39 is 0 Å². The first-order valence-corrected chi connectivity index (χ1v) is 4.95. The van der Waals surface area contributed by atoms with Crippen molar-refractivity contribution in [2.24, 2.45) is 0 Å². The summed E-state index contributed by atoms with van der Waals surface area (Å²) in [6, 6.07) is 7.24. The van der Waals surface area contributed by atoms with Gasteiger partial charge >= 0.3 is 5.97 Å². The molecule has 78 valence electrons. The van der Waals surface area contributed by atoms with E-state index >= 15 is 0 Å². The average molecular weight is 223 g/mol. The molecule has 2 nitrogen and oxygen atoms in total. The van der Waals surface area contributed by atoms with Crippen molar-refractivity contribution in [3.63, 3.8) is 0 Å². The highest BCUT2D eigenvalue weighted by Gasteiger charge is 1.90. The largest absolute Gasteiger partial charge is 0.462 e. The molecule has 0 spiro atoms. The molecule has 1 aromatic rings. The molecule has 0 bridgehead atoms. The molecular formula is C12H11ClO2. The summed E-state index contributed by atoms with van der Waals surface area (Å²) in [5.74, 6) is -0.386. The van der Waals surface area contributed by atoms with Crippen LogP contribution in [-0.4, -0.2) is 12.6 Å². The molecule has 0 fully saturated rings. The van der Waals surface area contributed by atoms with Crippen LogP contribution in [0.4, 0.5) is 0 Å². The second-order valence-corrected chi connectivity index (χ2v) is 3.20.